The van der Waals surface area contributed by atoms with Crippen LogP contribution in [0, 0.1) is 0 Å². The Bertz CT molecular complexity index is 6950. The molecule has 0 radical (unpaired) electrons. The fraction of sp³-hybridized carbons (Fsp3) is 0.167. The van der Waals surface area contributed by atoms with E-state index >= 15 is 0 Å². The third-order valence-electron chi connectivity index (χ3n) is 26.1. The van der Waals surface area contributed by atoms with Crippen molar-refractivity contribution in [2.45, 2.75) is 114 Å². The Morgan fingerprint density at radius 1 is 0.258 bits per heavy atom. The van der Waals surface area contributed by atoms with E-state index in [4.69, 9.17) is 59.6 Å². The second kappa shape index (κ2) is 30.4. The van der Waals surface area contributed by atoms with Crippen LogP contribution in [0.2, 0.25) is 5.02 Å². The van der Waals surface area contributed by atoms with Gasteiger partial charge in [-0.25, -0.2) is 29.9 Å². The minimum Gasteiger partial charge on any atom is -0.455 e. The lowest BCUT2D eigenvalue weighted by molar-refractivity contribution is 0.00578. The largest absolute Gasteiger partial charge is 0.494 e. The summed E-state index contributed by atoms with van der Waals surface area (Å²) < 4.78 is 25.3. The maximum absolute atomic E-state index is 6.40. The summed E-state index contributed by atoms with van der Waals surface area (Å²) in [5.41, 5.74) is 28.1. The van der Waals surface area contributed by atoms with Crippen LogP contribution >= 0.6 is 11.6 Å². The number of furan rings is 2. The Hall–Kier alpha value is -13.0. The summed E-state index contributed by atoms with van der Waals surface area (Å²) in [6.07, 6.45) is 13.0. The van der Waals surface area contributed by atoms with Crippen LogP contribution in [0.25, 0.3) is 168 Å². The van der Waals surface area contributed by atoms with Gasteiger partial charge >= 0.3 is 7.12 Å². The van der Waals surface area contributed by atoms with Crippen molar-refractivity contribution in [3.63, 3.8) is 0 Å². The lowest BCUT2D eigenvalue weighted by Crippen LogP contribution is -2.41. The summed E-state index contributed by atoms with van der Waals surface area (Å²) in [6, 6.07) is 114. The number of para-hydroxylation sites is 4. The number of fused-ring (bicyclic) bond motifs is 16. The number of hydrogen-bond acceptors (Lipinski definition) is 10. The van der Waals surface area contributed by atoms with Crippen molar-refractivity contribution >= 4 is 68.1 Å². The zero-order valence-corrected chi connectivity index (χ0v) is 68.3. The van der Waals surface area contributed by atoms with Crippen molar-refractivity contribution in [3.8, 4) is 124 Å². The molecule has 3 fully saturated rings. The van der Waals surface area contributed by atoms with E-state index in [1.807, 2.05) is 158 Å². The van der Waals surface area contributed by atoms with E-state index in [0.29, 0.717) is 40.0 Å². The molecule has 0 N–H and O–H groups in total. The van der Waals surface area contributed by atoms with Gasteiger partial charge in [-0.2, -0.15) is 0 Å². The van der Waals surface area contributed by atoms with Gasteiger partial charge in [0.1, 0.15) is 22.3 Å². The van der Waals surface area contributed by atoms with Crippen LogP contribution in [0.3, 0.4) is 0 Å². The predicted molar refractivity (Wildman–Crippen MR) is 489 cm³/mol. The first kappa shape index (κ1) is 74.5. The van der Waals surface area contributed by atoms with E-state index in [-0.39, 0.29) is 29.2 Å². The summed E-state index contributed by atoms with van der Waals surface area (Å²) in [4.78, 5) is 29.8. The van der Waals surface area contributed by atoms with Gasteiger partial charge in [0, 0.05) is 59.7 Å². The van der Waals surface area contributed by atoms with E-state index in [2.05, 4.69) is 198 Å². The summed E-state index contributed by atoms with van der Waals surface area (Å²) in [6.45, 7) is 8.47. The second-order valence-electron chi connectivity index (χ2n) is 33.7. The summed E-state index contributed by atoms with van der Waals surface area (Å²) in [5, 5.41) is 4.93. The molecule has 0 amide bonds. The number of rotatable bonds is 10. The molecule has 582 valence electrons. The Morgan fingerprint density at radius 3 is 1.07 bits per heavy atom. The number of aromatic nitrogens is 6. The molecule has 120 heavy (non-hydrogen) atoms. The zero-order chi connectivity index (χ0) is 80.7. The molecule has 2 spiro atoms. The van der Waals surface area contributed by atoms with Crippen molar-refractivity contribution in [2.75, 3.05) is 0 Å². The molecule has 18 aromatic rings. The van der Waals surface area contributed by atoms with Gasteiger partial charge in [-0.1, -0.05) is 329 Å². The van der Waals surface area contributed by atoms with Gasteiger partial charge in [-0.15, -0.1) is 0 Å². The minimum absolute atomic E-state index is 0.175. The van der Waals surface area contributed by atoms with Crippen LogP contribution in [0.1, 0.15) is 114 Å². The fourth-order valence-corrected chi connectivity index (χ4v) is 19.5. The monoisotopic (exact) mass is 1580 g/mol. The Morgan fingerprint density at radius 2 is 0.592 bits per heavy atom. The van der Waals surface area contributed by atoms with E-state index in [0.717, 1.165) is 99.4 Å². The van der Waals surface area contributed by atoms with Crippen LogP contribution in [0.4, 0.5) is 0 Å². The highest BCUT2D eigenvalue weighted by Crippen LogP contribution is 2.58. The molecule has 14 aromatic carbocycles. The van der Waals surface area contributed by atoms with Crippen molar-refractivity contribution < 1.29 is 18.1 Å². The van der Waals surface area contributed by atoms with Crippen LogP contribution in [-0.2, 0) is 20.1 Å². The topological polar surface area (TPSA) is 122 Å². The molecule has 1 saturated heterocycles. The van der Waals surface area contributed by atoms with Gasteiger partial charge in [0.15, 0.2) is 34.9 Å². The van der Waals surface area contributed by atoms with E-state index in [9.17, 15) is 0 Å². The lowest BCUT2D eigenvalue weighted by atomic mass is 9.67. The maximum Gasteiger partial charge on any atom is 0.494 e. The first-order chi connectivity index (χ1) is 58.8. The number of halogens is 1. The van der Waals surface area contributed by atoms with Gasteiger partial charge in [0.05, 0.1) is 22.3 Å². The summed E-state index contributed by atoms with van der Waals surface area (Å²) in [5.74, 6) is 3.59. The van der Waals surface area contributed by atoms with Crippen LogP contribution in [0.15, 0.2) is 336 Å². The Labute approximate surface area is 704 Å². The van der Waals surface area contributed by atoms with Gasteiger partial charge in [-0.05, 0) is 185 Å². The van der Waals surface area contributed by atoms with Gasteiger partial charge in [0.2, 0.25) is 0 Å². The highest BCUT2D eigenvalue weighted by atomic mass is 35.5. The van der Waals surface area contributed by atoms with E-state index < -0.39 is 0 Å². The normalized spacial score (nSPS) is 15.6. The molecule has 5 aliphatic rings. The molecule has 2 saturated carbocycles. The molecule has 0 bridgehead atoms. The van der Waals surface area contributed by atoms with E-state index in [1.165, 1.54) is 125 Å². The first-order valence-corrected chi connectivity index (χ1v) is 42.5. The summed E-state index contributed by atoms with van der Waals surface area (Å²) in [7, 11) is -0.296. The maximum atomic E-state index is 6.40. The van der Waals surface area contributed by atoms with Gasteiger partial charge in [-0.3, -0.25) is 0 Å². The predicted octanol–water partition coefficient (Wildman–Crippen LogP) is 27.6. The van der Waals surface area contributed by atoms with Crippen molar-refractivity contribution in [2.24, 2.45) is 0 Å². The number of benzene rings is 14. The number of hydrogen-bond donors (Lipinski definition) is 0. The summed E-state index contributed by atoms with van der Waals surface area (Å²) >= 11 is 6.21. The lowest BCUT2D eigenvalue weighted by Gasteiger charge is -2.36. The standard InChI is InChI=1S/C51H37N3O.C33H20ClN3O.C24H29BO2/c1-3-13-34(14-4-1)48-52-49(54-50(53-48)42-20-12-19-41-40-18-6-8-22-46(40)55-47(41)42)35-25-23-33(24-26-35)36-15-11-16-37(31-36)38-27-28-45-43(32-38)39-17-5-7-21-44(39)51(45)29-9-2-10-30-51;34-25-11-6-10-24(20-25)21-16-18-23(19-17-21)32-35-31(22-8-2-1-3-9-22)36-33(37-32)28-14-7-13-27-26-12-4-5-15-29(26)38-30(27)28;1-22(2)23(3,4)27-25(26-22)17-12-13-21-19(16-17)18-10-6-7-11-20(18)24(21)14-8-5-9-15-24/h1,3-8,11-28,31-32H,2,9-10,29-30H2;1-20H;6-7,10-13,16H,5,8-9,14-15H2,1-4H3. The second-order valence-corrected chi connectivity index (χ2v) is 34.1. The van der Waals surface area contributed by atoms with Crippen LogP contribution < -0.4 is 5.46 Å². The average Bonchev–Trinajstić information content (AvgIpc) is 1.56. The molecule has 4 aromatic heterocycles. The first-order valence-electron chi connectivity index (χ1n) is 42.2. The molecular formula is C108H86BClN6O4. The average molecular weight is 1580 g/mol. The van der Waals surface area contributed by atoms with Crippen molar-refractivity contribution in [3.05, 3.63) is 355 Å². The molecule has 0 unspecified atom stereocenters. The zero-order valence-electron chi connectivity index (χ0n) is 67.5. The molecule has 23 rings (SSSR count). The molecular weight excluding hydrogens is 1490 g/mol. The van der Waals surface area contributed by atoms with E-state index in [1.54, 1.807) is 0 Å². The van der Waals surface area contributed by atoms with Gasteiger partial charge < -0.3 is 18.1 Å². The molecule has 5 heterocycles. The SMILES string of the molecule is CC1(C)OB(c2ccc3c(c2)-c2ccccc2C32CCCCC2)OC1(C)C.Clc1cccc(-c2ccc(-c3nc(-c4ccccc4)nc(-c4cccc5c4oc4ccccc45)n3)cc2)c1.c1ccc(-c2nc(-c3ccc(-c4cccc(-c5ccc6c(c5)-c5ccccc5C65CCCCC5)c4)cc3)nc(-c3cccc4c3oc3ccccc34)n2)cc1. The highest BCUT2D eigenvalue weighted by molar-refractivity contribution is 6.62. The Balaban J connectivity index is 0.000000119. The smallest absolute Gasteiger partial charge is 0.455 e. The van der Waals surface area contributed by atoms with Crippen LogP contribution in [0.5, 0.6) is 0 Å². The molecule has 0 atom stereocenters. The third kappa shape index (κ3) is 13.3. The number of nitrogens with zero attached hydrogens (tertiary/aromatic N) is 6. The van der Waals surface area contributed by atoms with Crippen LogP contribution in [-0.4, -0.2) is 48.2 Å². The fourth-order valence-electron chi connectivity index (χ4n) is 19.3. The molecule has 4 aliphatic carbocycles. The Kier molecular flexibility index (Phi) is 18.9. The van der Waals surface area contributed by atoms with Gasteiger partial charge in [0.25, 0.3) is 0 Å². The third-order valence-corrected chi connectivity index (χ3v) is 26.3. The molecule has 12 heteroatoms. The van der Waals surface area contributed by atoms with Crippen molar-refractivity contribution in [1.29, 1.82) is 0 Å². The molecule has 1 aliphatic heterocycles. The van der Waals surface area contributed by atoms with Crippen molar-refractivity contribution in [1.82, 2.24) is 29.9 Å². The highest BCUT2D eigenvalue weighted by Gasteiger charge is 2.53. The minimum atomic E-state index is -0.306. The molecule has 10 nitrogen and oxygen atoms in total. The quantitative estimate of drug-likeness (QED) is 0.122.